The summed E-state index contributed by atoms with van der Waals surface area (Å²) in [6.07, 6.45) is 36.9. The van der Waals surface area contributed by atoms with Gasteiger partial charge in [0, 0.05) is 13.0 Å². The highest BCUT2D eigenvalue weighted by molar-refractivity contribution is 7.80. The number of esters is 1. The van der Waals surface area contributed by atoms with E-state index in [1.165, 1.54) is 12.8 Å². The molecule has 58 heavy (non-hydrogen) atoms. The lowest BCUT2D eigenvalue weighted by Gasteiger charge is -2.41. The molecule has 0 radical (unpaired) electrons. The molecular formula is C45H76O12S. The van der Waals surface area contributed by atoms with Crippen molar-refractivity contribution in [3.8, 4) is 0 Å². The number of carbonyl (C=O) groups excluding carboxylic acids is 1. The molecule has 1 heterocycles. The van der Waals surface area contributed by atoms with Crippen LogP contribution in [-0.2, 0) is 38.3 Å². The highest BCUT2D eigenvalue weighted by Gasteiger charge is 2.48. The first-order valence-electron chi connectivity index (χ1n) is 21.7. The summed E-state index contributed by atoms with van der Waals surface area (Å²) in [5, 5.41) is 30.5. The Morgan fingerprint density at radius 2 is 1.19 bits per heavy atom. The Hall–Kier alpha value is -2.46. The molecule has 4 N–H and O–H groups in total. The van der Waals surface area contributed by atoms with E-state index < -0.39 is 59.8 Å². The van der Waals surface area contributed by atoms with Crippen LogP contribution in [0.1, 0.15) is 142 Å². The van der Waals surface area contributed by atoms with E-state index in [-0.39, 0.29) is 19.6 Å². The van der Waals surface area contributed by atoms with Gasteiger partial charge in [0.15, 0.2) is 6.29 Å². The van der Waals surface area contributed by atoms with Crippen molar-refractivity contribution in [2.24, 2.45) is 0 Å². The maximum Gasteiger partial charge on any atom is 0.397 e. The number of hydrogen-bond donors (Lipinski definition) is 4. The smallest absolute Gasteiger partial charge is 0.397 e. The van der Waals surface area contributed by atoms with Crippen molar-refractivity contribution in [1.29, 1.82) is 0 Å². The van der Waals surface area contributed by atoms with Crippen molar-refractivity contribution >= 4 is 16.4 Å². The van der Waals surface area contributed by atoms with Gasteiger partial charge in [0.25, 0.3) is 0 Å². The number of hydrogen-bond acceptors (Lipinski definition) is 11. The van der Waals surface area contributed by atoms with Crippen LogP contribution in [-0.4, -0.2) is 97.5 Å². The maximum atomic E-state index is 12.8. The SMILES string of the molecule is CC/C=C\C/C=C\C/C=C\C/C=C\C/C=C\C/C=C\CCCCCCCCC(=O)OC(COCCCCCCCC)COC1OC(CO)C(O)C(OS(=O)(=O)O)C1O. The zero-order valence-corrected chi connectivity index (χ0v) is 36.1. The van der Waals surface area contributed by atoms with E-state index in [2.05, 4.69) is 90.9 Å². The van der Waals surface area contributed by atoms with Crippen LogP contribution in [0.5, 0.6) is 0 Å². The first-order valence-corrected chi connectivity index (χ1v) is 23.1. The molecule has 1 aliphatic heterocycles. The second-order valence-corrected chi connectivity index (χ2v) is 15.6. The van der Waals surface area contributed by atoms with Gasteiger partial charge in [-0.15, -0.1) is 0 Å². The molecular weight excluding hydrogens is 765 g/mol. The average molecular weight is 841 g/mol. The number of unbranched alkanes of at least 4 members (excludes halogenated alkanes) is 11. The third-order valence-electron chi connectivity index (χ3n) is 9.34. The van der Waals surface area contributed by atoms with Crippen molar-refractivity contribution in [3.63, 3.8) is 0 Å². The Morgan fingerprint density at radius 1 is 0.672 bits per heavy atom. The lowest BCUT2D eigenvalue weighted by atomic mass is 9.99. The van der Waals surface area contributed by atoms with Gasteiger partial charge in [-0.2, -0.15) is 8.42 Å². The molecule has 0 aromatic heterocycles. The summed E-state index contributed by atoms with van der Waals surface area (Å²) < 4.78 is 58.7. The average Bonchev–Trinajstić information content (AvgIpc) is 3.19. The largest absolute Gasteiger partial charge is 0.457 e. The van der Waals surface area contributed by atoms with Crippen molar-refractivity contribution in [2.45, 2.75) is 179 Å². The third kappa shape index (κ3) is 29.7. The van der Waals surface area contributed by atoms with Crippen LogP contribution in [0.2, 0.25) is 0 Å². The zero-order valence-electron chi connectivity index (χ0n) is 35.3. The predicted octanol–water partition coefficient (Wildman–Crippen LogP) is 8.74. The topological polar surface area (TPSA) is 178 Å². The van der Waals surface area contributed by atoms with Crippen LogP contribution in [0.3, 0.4) is 0 Å². The van der Waals surface area contributed by atoms with Gasteiger partial charge in [-0.05, 0) is 64.2 Å². The summed E-state index contributed by atoms with van der Waals surface area (Å²) in [4.78, 5) is 12.8. The van der Waals surface area contributed by atoms with Gasteiger partial charge in [-0.1, -0.05) is 145 Å². The standard InChI is InChI=1S/C45H76O12S/c1-3-5-7-9-11-12-13-14-15-16-17-18-19-20-21-22-23-24-25-26-27-28-29-30-32-34-41(47)55-39(37-53-35-33-31-10-8-6-4-2)38-54-45-43(49)44(57-58(50,51)52)42(48)40(36-46)56-45/h5,7,11-12,14-15,17-18,20-21,23-24,39-40,42-46,48-49H,3-4,6,8-10,13,16,19,22,25-38H2,1-2H3,(H,50,51,52)/b7-5-,12-11-,15-14-,18-17-,21-20-,24-23-. The fourth-order valence-electron chi connectivity index (χ4n) is 6.09. The van der Waals surface area contributed by atoms with Crippen molar-refractivity contribution < 1.29 is 56.2 Å². The van der Waals surface area contributed by atoms with E-state index in [1.54, 1.807) is 0 Å². The number of aliphatic hydroxyl groups is 3. The molecule has 12 nitrogen and oxygen atoms in total. The Labute approximate surface area is 350 Å². The van der Waals surface area contributed by atoms with Gasteiger partial charge in [-0.25, -0.2) is 4.18 Å². The molecule has 1 fully saturated rings. The molecule has 0 spiro atoms. The van der Waals surface area contributed by atoms with Crippen LogP contribution >= 0.6 is 0 Å². The lowest BCUT2D eigenvalue weighted by Crippen LogP contribution is -2.60. The Bertz CT molecular complexity index is 1290. The zero-order chi connectivity index (χ0) is 42.5. The van der Waals surface area contributed by atoms with Crippen LogP contribution in [0.4, 0.5) is 0 Å². The number of ether oxygens (including phenoxy) is 4. The number of carbonyl (C=O) groups is 1. The van der Waals surface area contributed by atoms with E-state index >= 15 is 0 Å². The molecule has 1 saturated heterocycles. The maximum absolute atomic E-state index is 12.8. The van der Waals surface area contributed by atoms with Crippen molar-refractivity contribution in [2.75, 3.05) is 26.4 Å². The van der Waals surface area contributed by atoms with Crippen LogP contribution < -0.4 is 0 Å². The fourth-order valence-corrected chi connectivity index (χ4v) is 6.59. The molecule has 0 bridgehead atoms. The Balaban J connectivity index is 2.33. The number of aliphatic hydroxyl groups excluding tert-OH is 3. The molecule has 0 saturated carbocycles. The molecule has 0 aromatic carbocycles. The Morgan fingerprint density at radius 3 is 1.74 bits per heavy atom. The van der Waals surface area contributed by atoms with E-state index in [0.29, 0.717) is 13.0 Å². The molecule has 1 rings (SSSR count). The lowest BCUT2D eigenvalue weighted by molar-refractivity contribution is -0.301. The van der Waals surface area contributed by atoms with Gasteiger partial charge >= 0.3 is 16.4 Å². The second kappa shape index (κ2) is 36.4. The molecule has 0 aromatic rings. The summed E-state index contributed by atoms with van der Waals surface area (Å²) in [6, 6.07) is 0. The van der Waals surface area contributed by atoms with Gasteiger partial charge in [0.1, 0.15) is 30.5 Å². The Kier molecular flexibility index (Phi) is 33.6. The number of rotatable bonds is 36. The van der Waals surface area contributed by atoms with E-state index in [9.17, 15) is 28.5 Å². The van der Waals surface area contributed by atoms with Crippen LogP contribution in [0.25, 0.3) is 0 Å². The minimum atomic E-state index is -5.06. The number of allylic oxidation sites excluding steroid dienone is 12. The quantitative estimate of drug-likeness (QED) is 0.0204. The molecule has 6 atom stereocenters. The fraction of sp³-hybridized carbons (Fsp3) is 0.711. The van der Waals surface area contributed by atoms with Gasteiger partial charge in [0.05, 0.1) is 19.8 Å². The molecule has 1 aliphatic rings. The summed E-state index contributed by atoms with van der Waals surface area (Å²) in [6.45, 7) is 3.76. The summed E-state index contributed by atoms with van der Waals surface area (Å²) >= 11 is 0. The minimum Gasteiger partial charge on any atom is -0.457 e. The first-order chi connectivity index (χ1) is 28.1. The monoisotopic (exact) mass is 841 g/mol. The van der Waals surface area contributed by atoms with Gasteiger partial charge < -0.3 is 34.3 Å². The molecule has 13 heteroatoms. The van der Waals surface area contributed by atoms with E-state index in [4.69, 9.17) is 23.5 Å². The molecule has 0 aliphatic carbocycles. The minimum absolute atomic E-state index is 0.0251. The first kappa shape index (κ1) is 53.6. The second-order valence-electron chi connectivity index (χ2n) is 14.6. The van der Waals surface area contributed by atoms with Crippen molar-refractivity contribution in [1.82, 2.24) is 0 Å². The summed E-state index contributed by atoms with van der Waals surface area (Å²) in [7, 11) is -5.06. The molecule has 334 valence electrons. The molecule has 6 unspecified atom stereocenters. The normalized spacial score (nSPS) is 21.2. The van der Waals surface area contributed by atoms with Gasteiger partial charge in [0.2, 0.25) is 0 Å². The van der Waals surface area contributed by atoms with Crippen molar-refractivity contribution in [3.05, 3.63) is 72.9 Å². The van der Waals surface area contributed by atoms with E-state index in [1.807, 2.05) is 0 Å². The van der Waals surface area contributed by atoms with Crippen LogP contribution in [0, 0.1) is 0 Å². The summed E-state index contributed by atoms with van der Waals surface area (Å²) in [5.74, 6) is -0.421. The molecule has 0 amide bonds. The highest BCUT2D eigenvalue weighted by atomic mass is 32.3. The van der Waals surface area contributed by atoms with Gasteiger partial charge in [-0.3, -0.25) is 9.35 Å². The van der Waals surface area contributed by atoms with E-state index in [0.717, 1.165) is 103 Å². The highest BCUT2D eigenvalue weighted by Crippen LogP contribution is 2.26. The predicted molar refractivity (Wildman–Crippen MR) is 229 cm³/mol. The third-order valence-corrected chi connectivity index (χ3v) is 9.81. The summed E-state index contributed by atoms with van der Waals surface area (Å²) in [5.41, 5.74) is 0. The van der Waals surface area contributed by atoms with Crippen LogP contribution in [0.15, 0.2) is 72.9 Å².